The van der Waals surface area contributed by atoms with Crippen LogP contribution in [0.1, 0.15) is 22.3 Å². The molecule has 29 heavy (non-hydrogen) atoms. The smallest absolute Gasteiger partial charge is 0.238 e. The first-order valence-electron chi connectivity index (χ1n) is 9.46. The molecule has 3 aromatic carbocycles. The fourth-order valence-corrected chi connectivity index (χ4v) is 3.19. The Kier molecular flexibility index (Phi) is 5.09. The first kappa shape index (κ1) is 18.5. The second kappa shape index (κ2) is 8.00. The summed E-state index contributed by atoms with van der Waals surface area (Å²) in [5.74, 6) is 0.980. The van der Waals surface area contributed by atoms with Crippen LogP contribution in [0.5, 0.6) is 0 Å². The van der Waals surface area contributed by atoms with Crippen LogP contribution in [0.25, 0.3) is 22.5 Å². The van der Waals surface area contributed by atoms with Crippen molar-refractivity contribution >= 4 is 12.1 Å². The first-order valence-corrected chi connectivity index (χ1v) is 9.46. The number of furan rings is 1. The van der Waals surface area contributed by atoms with Gasteiger partial charge in [0.25, 0.3) is 0 Å². The number of hydrogen-bond donors (Lipinski definition) is 0. The molecule has 0 atom stereocenters. The van der Waals surface area contributed by atoms with Crippen molar-refractivity contribution in [3.8, 4) is 28.5 Å². The molecule has 4 rings (SSSR count). The average molecular weight is 376 g/mol. The highest BCUT2D eigenvalue weighted by molar-refractivity contribution is 5.89. The Balaban J connectivity index is 1.90. The lowest BCUT2D eigenvalue weighted by Gasteiger charge is -2.05. The number of hydrogen-bond acceptors (Lipinski definition) is 3. The Morgan fingerprint density at radius 3 is 1.97 bits per heavy atom. The van der Waals surface area contributed by atoms with Crippen molar-refractivity contribution in [2.45, 2.75) is 13.8 Å². The minimum atomic E-state index is 0.322. The number of aryl methyl sites for hydroxylation is 2. The fourth-order valence-electron chi connectivity index (χ4n) is 3.19. The molecule has 1 aromatic heterocycles. The molecule has 0 spiro atoms. The van der Waals surface area contributed by atoms with Crippen LogP contribution in [-0.4, -0.2) is 6.21 Å². The topological polar surface area (TPSA) is 49.3 Å². The van der Waals surface area contributed by atoms with Crippen molar-refractivity contribution in [2.24, 2.45) is 4.99 Å². The predicted molar refractivity (Wildman–Crippen MR) is 117 cm³/mol. The standard InChI is InChI=1S/C26H20N2O/c1-18-8-12-21(13-9-18)24-23(16-27)26(28-17-20-6-4-3-5-7-20)29-25(24)22-14-10-19(2)11-15-22/h3-15,17H,1-2H3. The molecule has 0 aliphatic rings. The van der Waals surface area contributed by atoms with Gasteiger partial charge in [0.15, 0.2) is 0 Å². The first-order chi connectivity index (χ1) is 14.2. The molecule has 4 aromatic rings. The third-order valence-corrected chi connectivity index (χ3v) is 4.79. The van der Waals surface area contributed by atoms with Crippen LogP contribution >= 0.6 is 0 Å². The van der Waals surface area contributed by atoms with Crippen molar-refractivity contribution < 1.29 is 4.42 Å². The molecule has 0 aliphatic heterocycles. The van der Waals surface area contributed by atoms with Gasteiger partial charge in [-0.2, -0.15) is 5.26 Å². The van der Waals surface area contributed by atoms with E-state index in [0.29, 0.717) is 17.2 Å². The lowest BCUT2D eigenvalue weighted by molar-refractivity contribution is 0.593. The van der Waals surface area contributed by atoms with Gasteiger partial charge in [-0.05, 0) is 25.0 Å². The van der Waals surface area contributed by atoms with E-state index in [9.17, 15) is 5.26 Å². The van der Waals surface area contributed by atoms with E-state index in [1.807, 2.05) is 92.7 Å². The number of aliphatic imine (C=N–C) groups is 1. The molecule has 0 amide bonds. The minimum absolute atomic E-state index is 0.322. The zero-order chi connectivity index (χ0) is 20.2. The predicted octanol–water partition coefficient (Wildman–Crippen LogP) is 6.85. The van der Waals surface area contributed by atoms with Crippen molar-refractivity contribution in [2.75, 3.05) is 0 Å². The van der Waals surface area contributed by atoms with E-state index in [1.54, 1.807) is 6.21 Å². The quantitative estimate of drug-likeness (QED) is 0.366. The second-order valence-electron chi connectivity index (χ2n) is 7.00. The summed E-state index contributed by atoms with van der Waals surface area (Å²) in [5, 5.41) is 9.93. The van der Waals surface area contributed by atoms with Crippen molar-refractivity contribution in [1.29, 1.82) is 5.26 Å². The molecule has 3 nitrogen and oxygen atoms in total. The second-order valence-corrected chi connectivity index (χ2v) is 7.00. The summed E-state index contributed by atoms with van der Waals surface area (Å²) >= 11 is 0. The third kappa shape index (κ3) is 3.88. The molecule has 0 unspecified atom stereocenters. The molecule has 0 saturated carbocycles. The Morgan fingerprint density at radius 2 is 1.38 bits per heavy atom. The molecule has 0 bridgehead atoms. The maximum Gasteiger partial charge on any atom is 0.238 e. The lowest BCUT2D eigenvalue weighted by atomic mass is 9.97. The van der Waals surface area contributed by atoms with Gasteiger partial charge in [-0.25, -0.2) is 4.99 Å². The van der Waals surface area contributed by atoms with Gasteiger partial charge < -0.3 is 4.42 Å². The van der Waals surface area contributed by atoms with Crippen molar-refractivity contribution in [3.05, 3.63) is 101 Å². The van der Waals surface area contributed by atoms with Crippen molar-refractivity contribution in [3.63, 3.8) is 0 Å². The van der Waals surface area contributed by atoms with Gasteiger partial charge in [0.1, 0.15) is 17.4 Å². The third-order valence-electron chi connectivity index (χ3n) is 4.79. The summed E-state index contributed by atoms with van der Waals surface area (Å²) in [5.41, 5.74) is 6.35. The zero-order valence-electron chi connectivity index (χ0n) is 16.4. The molecule has 0 N–H and O–H groups in total. The molecule has 1 heterocycles. The molecule has 0 radical (unpaired) electrons. The van der Waals surface area contributed by atoms with Gasteiger partial charge >= 0.3 is 0 Å². The van der Waals surface area contributed by atoms with Gasteiger partial charge in [-0.1, -0.05) is 90.0 Å². The molecule has 3 heteroatoms. The normalized spacial score (nSPS) is 10.9. The SMILES string of the molecule is Cc1ccc(-c2oc(N=Cc3ccccc3)c(C#N)c2-c2ccc(C)cc2)cc1. The molecule has 0 fully saturated rings. The number of benzene rings is 3. The maximum atomic E-state index is 9.93. The van der Waals surface area contributed by atoms with Crippen LogP contribution in [0.15, 0.2) is 88.3 Å². The van der Waals surface area contributed by atoms with E-state index in [-0.39, 0.29) is 0 Å². The lowest BCUT2D eigenvalue weighted by Crippen LogP contribution is -1.85. The number of nitrogens with zero attached hydrogens (tertiary/aromatic N) is 2. The Labute approximate surface area is 170 Å². The van der Waals surface area contributed by atoms with Gasteiger partial charge in [-0.3, -0.25) is 0 Å². The highest BCUT2D eigenvalue weighted by atomic mass is 16.4. The Bertz CT molecular complexity index is 1190. The van der Waals surface area contributed by atoms with Crippen LogP contribution < -0.4 is 0 Å². The summed E-state index contributed by atoms with van der Waals surface area (Å²) < 4.78 is 6.15. The number of nitriles is 1. The van der Waals surface area contributed by atoms with E-state index in [1.165, 1.54) is 5.56 Å². The highest BCUT2D eigenvalue weighted by Gasteiger charge is 2.22. The number of rotatable bonds is 4. The van der Waals surface area contributed by atoms with E-state index in [4.69, 9.17) is 4.42 Å². The van der Waals surface area contributed by atoms with Crippen LogP contribution in [-0.2, 0) is 0 Å². The van der Waals surface area contributed by atoms with Crippen LogP contribution in [0.4, 0.5) is 5.88 Å². The van der Waals surface area contributed by atoms with E-state index in [2.05, 4.69) is 11.1 Å². The van der Waals surface area contributed by atoms with Gasteiger partial charge in [-0.15, -0.1) is 0 Å². The van der Waals surface area contributed by atoms with Gasteiger partial charge in [0, 0.05) is 17.3 Å². The molecular formula is C26H20N2O. The molecule has 0 saturated heterocycles. The van der Waals surface area contributed by atoms with Crippen LogP contribution in [0.3, 0.4) is 0 Å². The van der Waals surface area contributed by atoms with E-state index < -0.39 is 0 Å². The highest BCUT2D eigenvalue weighted by Crippen LogP contribution is 2.42. The Hall–Kier alpha value is -3.90. The Morgan fingerprint density at radius 1 is 0.793 bits per heavy atom. The van der Waals surface area contributed by atoms with E-state index in [0.717, 1.165) is 27.8 Å². The summed E-state index contributed by atoms with van der Waals surface area (Å²) in [6, 6.07) is 28.3. The summed E-state index contributed by atoms with van der Waals surface area (Å²) in [6.45, 7) is 4.09. The zero-order valence-corrected chi connectivity index (χ0v) is 16.4. The van der Waals surface area contributed by atoms with Crippen LogP contribution in [0.2, 0.25) is 0 Å². The summed E-state index contributed by atoms with van der Waals surface area (Å²) in [4.78, 5) is 4.50. The van der Waals surface area contributed by atoms with Gasteiger partial charge in [0.05, 0.1) is 0 Å². The maximum absolute atomic E-state index is 9.93. The summed E-state index contributed by atoms with van der Waals surface area (Å²) in [7, 11) is 0. The monoisotopic (exact) mass is 376 g/mol. The minimum Gasteiger partial charge on any atom is -0.436 e. The van der Waals surface area contributed by atoms with Crippen molar-refractivity contribution in [1.82, 2.24) is 0 Å². The summed E-state index contributed by atoms with van der Waals surface area (Å²) in [6.07, 6.45) is 1.72. The van der Waals surface area contributed by atoms with E-state index >= 15 is 0 Å². The largest absolute Gasteiger partial charge is 0.436 e. The van der Waals surface area contributed by atoms with Crippen LogP contribution in [0, 0.1) is 25.2 Å². The fraction of sp³-hybridized carbons (Fsp3) is 0.0769. The average Bonchev–Trinajstić information content (AvgIpc) is 3.12. The molecular weight excluding hydrogens is 356 g/mol. The van der Waals surface area contributed by atoms with Gasteiger partial charge in [0.2, 0.25) is 5.88 Å². The molecule has 140 valence electrons. The molecule has 0 aliphatic carbocycles.